The molecule has 0 unspecified atom stereocenters. The maximum atomic E-state index is 11.1. The van der Waals surface area contributed by atoms with Crippen LogP contribution in [0.25, 0.3) is 33.4 Å². The number of hydrogen-bond donors (Lipinski definition) is 0. The Bertz CT molecular complexity index is 1170. The summed E-state index contributed by atoms with van der Waals surface area (Å²) < 4.78 is 0. The van der Waals surface area contributed by atoms with Crippen LogP contribution in [0.4, 0.5) is 0 Å². The molecule has 0 saturated carbocycles. The van der Waals surface area contributed by atoms with Gasteiger partial charge in [0.2, 0.25) is 0 Å². The second kappa shape index (κ2) is 9.83. The Hall–Kier alpha value is -4.71. The lowest BCUT2D eigenvalue weighted by atomic mass is 9.92. The quantitative estimate of drug-likeness (QED) is 0.444. The number of aromatic carboxylic acids is 3. The summed E-state index contributed by atoms with van der Waals surface area (Å²) in [5.74, 6) is -3.80. The Labute approximate surface area is 196 Å². The number of carboxylic acid groups (broad SMARTS) is 3. The second-order valence-electron chi connectivity index (χ2n) is 7.39. The molecule has 6 heteroatoms. The lowest BCUT2D eigenvalue weighted by molar-refractivity contribution is -0.256. The largest absolute Gasteiger partial charge is 0.545 e. The third kappa shape index (κ3) is 5.02. The number of carboxylic acids is 3. The molecule has 0 amide bonds. The molecule has 0 spiro atoms. The van der Waals surface area contributed by atoms with Crippen molar-refractivity contribution in [3.63, 3.8) is 0 Å². The molecule has 0 heterocycles. The van der Waals surface area contributed by atoms with Gasteiger partial charge < -0.3 is 29.7 Å². The van der Waals surface area contributed by atoms with E-state index < -0.39 is 17.9 Å². The minimum Gasteiger partial charge on any atom is -0.545 e. The van der Waals surface area contributed by atoms with E-state index in [4.69, 9.17) is 0 Å². The highest BCUT2D eigenvalue weighted by molar-refractivity contribution is 5.89. The SMILES string of the molecule is C.O=C([O-])c1ccc(-c2cc(-c3ccc(C(=O)[O-])cc3)cc(-c3ccc(C(=O)[O-])cc3)c2)cc1. The first kappa shape index (κ1) is 23.9. The van der Waals surface area contributed by atoms with Gasteiger partial charge in [0.15, 0.2) is 0 Å². The number of rotatable bonds is 6. The highest BCUT2D eigenvalue weighted by Crippen LogP contribution is 2.33. The first-order valence-corrected chi connectivity index (χ1v) is 9.92. The average molecular weight is 451 g/mol. The molecule has 0 aliphatic rings. The van der Waals surface area contributed by atoms with Gasteiger partial charge in [0.1, 0.15) is 0 Å². The number of carbonyl (C=O) groups is 3. The maximum Gasteiger partial charge on any atom is 0.0715 e. The molecule has 0 aliphatic carbocycles. The lowest BCUT2D eigenvalue weighted by Crippen LogP contribution is -2.21. The molecule has 4 aromatic carbocycles. The van der Waals surface area contributed by atoms with Crippen LogP contribution in [0.3, 0.4) is 0 Å². The molecule has 0 aliphatic heterocycles. The highest BCUT2D eigenvalue weighted by Gasteiger charge is 2.09. The van der Waals surface area contributed by atoms with Gasteiger partial charge in [0.25, 0.3) is 0 Å². The minimum absolute atomic E-state index is 0. The molecular formula is C28H19O6-3. The van der Waals surface area contributed by atoms with E-state index in [1.807, 2.05) is 18.2 Å². The standard InChI is InChI=1S/C27H18O6.CH4/c28-25(29)19-7-1-16(2-8-19)22-13-23(17-3-9-20(10-4-17)26(30)31)15-24(14-22)18-5-11-21(12-6-18)27(32)33;/h1-15H,(H,28,29)(H,30,31)(H,32,33);1H4/p-3. The van der Waals surface area contributed by atoms with Crippen LogP contribution in [0.1, 0.15) is 38.5 Å². The first-order valence-electron chi connectivity index (χ1n) is 9.92. The van der Waals surface area contributed by atoms with Crippen LogP contribution >= 0.6 is 0 Å². The zero-order chi connectivity index (χ0) is 23.5. The highest BCUT2D eigenvalue weighted by atomic mass is 16.4. The van der Waals surface area contributed by atoms with Crippen LogP contribution in [0, 0.1) is 0 Å². The van der Waals surface area contributed by atoms with Crippen molar-refractivity contribution in [2.24, 2.45) is 0 Å². The smallest absolute Gasteiger partial charge is 0.0715 e. The summed E-state index contributed by atoms with van der Waals surface area (Å²) in [6, 6.07) is 24.5. The van der Waals surface area contributed by atoms with Crippen LogP contribution in [-0.2, 0) is 0 Å². The van der Waals surface area contributed by atoms with Crippen LogP contribution in [0.15, 0.2) is 91.0 Å². The van der Waals surface area contributed by atoms with Crippen LogP contribution in [-0.4, -0.2) is 17.9 Å². The van der Waals surface area contributed by atoms with Crippen molar-refractivity contribution in [2.75, 3.05) is 0 Å². The molecule has 0 atom stereocenters. The minimum atomic E-state index is -1.27. The van der Waals surface area contributed by atoms with Gasteiger partial charge >= 0.3 is 0 Å². The van der Waals surface area contributed by atoms with E-state index in [1.165, 1.54) is 36.4 Å². The summed E-state index contributed by atoms with van der Waals surface area (Å²) >= 11 is 0. The van der Waals surface area contributed by atoms with E-state index in [0.717, 1.165) is 33.4 Å². The summed E-state index contributed by atoms with van der Waals surface area (Å²) in [5, 5.41) is 33.2. The Morgan fingerprint density at radius 2 is 0.588 bits per heavy atom. The summed E-state index contributed by atoms with van der Waals surface area (Å²) in [6.45, 7) is 0. The maximum absolute atomic E-state index is 11.1. The Morgan fingerprint density at radius 1 is 0.382 bits per heavy atom. The molecule has 0 saturated heterocycles. The average Bonchev–Trinajstić information content (AvgIpc) is 2.84. The van der Waals surface area contributed by atoms with Crippen LogP contribution < -0.4 is 15.3 Å². The Morgan fingerprint density at radius 3 is 0.765 bits per heavy atom. The van der Waals surface area contributed by atoms with Gasteiger partial charge in [-0.1, -0.05) is 80.2 Å². The van der Waals surface area contributed by atoms with E-state index in [9.17, 15) is 29.7 Å². The summed E-state index contributed by atoms with van der Waals surface area (Å²) in [4.78, 5) is 33.2. The second-order valence-corrected chi connectivity index (χ2v) is 7.39. The van der Waals surface area contributed by atoms with E-state index in [1.54, 1.807) is 36.4 Å². The third-order valence-electron chi connectivity index (χ3n) is 5.29. The Balaban J connectivity index is 0.00000324. The topological polar surface area (TPSA) is 120 Å². The fraction of sp³-hybridized carbons (Fsp3) is 0.0357. The van der Waals surface area contributed by atoms with Crippen molar-refractivity contribution >= 4 is 17.9 Å². The van der Waals surface area contributed by atoms with Crippen molar-refractivity contribution in [1.82, 2.24) is 0 Å². The molecule has 0 aromatic heterocycles. The first-order chi connectivity index (χ1) is 15.8. The number of hydrogen-bond acceptors (Lipinski definition) is 6. The van der Waals surface area contributed by atoms with Gasteiger partial charge in [-0.15, -0.1) is 0 Å². The fourth-order valence-electron chi connectivity index (χ4n) is 3.52. The molecule has 34 heavy (non-hydrogen) atoms. The molecule has 4 aromatic rings. The molecular weight excluding hydrogens is 432 g/mol. The monoisotopic (exact) mass is 451 g/mol. The van der Waals surface area contributed by atoms with E-state index in [0.29, 0.717) is 0 Å². The van der Waals surface area contributed by atoms with Crippen LogP contribution in [0.5, 0.6) is 0 Å². The number of carbonyl (C=O) groups excluding carboxylic acids is 3. The summed E-state index contributed by atoms with van der Waals surface area (Å²) in [6.07, 6.45) is 0. The van der Waals surface area contributed by atoms with E-state index >= 15 is 0 Å². The summed E-state index contributed by atoms with van der Waals surface area (Å²) in [7, 11) is 0. The van der Waals surface area contributed by atoms with E-state index in [2.05, 4.69) is 0 Å². The fourth-order valence-corrected chi connectivity index (χ4v) is 3.52. The van der Waals surface area contributed by atoms with Crippen molar-refractivity contribution in [3.8, 4) is 33.4 Å². The van der Waals surface area contributed by atoms with Crippen molar-refractivity contribution in [1.29, 1.82) is 0 Å². The van der Waals surface area contributed by atoms with Crippen LogP contribution in [0.2, 0.25) is 0 Å². The third-order valence-corrected chi connectivity index (χ3v) is 5.29. The zero-order valence-electron chi connectivity index (χ0n) is 17.1. The predicted molar refractivity (Wildman–Crippen MR) is 122 cm³/mol. The molecule has 6 nitrogen and oxygen atoms in total. The predicted octanol–water partition coefficient (Wildman–Crippen LogP) is 2.41. The van der Waals surface area contributed by atoms with Gasteiger partial charge in [-0.3, -0.25) is 0 Å². The lowest BCUT2D eigenvalue weighted by Gasteiger charge is -2.13. The van der Waals surface area contributed by atoms with Gasteiger partial charge in [-0.05, 0) is 68.3 Å². The van der Waals surface area contributed by atoms with Gasteiger partial charge in [-0.25, -0.2) is 0 Å². The van der Waals surface area contributed by atoms with Crippen molar-refractivity contribution < 1.29 is 29.7 Å². The van der Waals surface area contributed by atoms with Gasteiger partial charge in [0, 0.05) is 0 Å². The normalized spacial score (nSPS) is 10.2. The van der Waals surface area contributed by atoms with Crippen molar-refractivity contribution in [3.05, 3.63) is 108 Å². The van der Waals surface area contributed by atoms with Crippen molar-refractivity contribution in [2.45, 2.75) is 7.43 Å². The number of benzene rings is 4. The van der Waals surface area contributed by atoms with Gasteiger partial charge in [0.05, 0.1) is 17.9 Å². The molecule has 4 rings (SSSR count). The zero-order valence-corrected chi connectivity index (χ0v) is 17.1. The molecule has 170 valence electrons. The molecule has 0 radical (unpaired) electrons. The molecule has 0 bridgehead atoms. The molecule has 0 N–H and O–H groups in total. The Kier molecular flexibility index (Phi) is 6.92. The van der Waals surface area contributed by atoms with Gasteiger partial charge in [-0.2, -0.15) is 0 Å². The summed E-state index contributed by atoms with van der Waals surface area (Å²) in [5.41, 5.74) is 4.85. The molecule has 0 fully saturated rings. The van der Waals surface area contributed by atoms with E-state index in [-0.39, 0.29) is 24.1 Å².